The molecule has 8 rings (SSSR count). The predicted molar refractivity (Wildman–Crippen MR) is 403 cm³/mol. The van der Waals surface area contributed by atoms with Gasteiger partial charge in [0.05, 0.1) is 114 Å². The maximum atomic E-state index is 14.6. The van der Waals surface area contributed by atoms with Crippen LogP contribution in [0.15, 0.2) is 66.2 Å². The number of hydrogen-bond acceptors (Lipinski definition) is 21. The van der Waals surface area contributed by atoms with Gasteiger partial charge in [-0.25, -0.2) is 29.1 Å². The van der Waals surface area contributed by atoms with E-state index in [1.807, 2.05) is 19.9 Å². The number of ether oxygens (including phenoxy) is 10. The molecule has 6 amide bonds. The molecule has 0 bridgehead atoms. The smallest absolute Gasteiger partial charge is 0.415 e. The summed E-state index contributed by atoms with van der Waals surface area (Å²) < 4.78 is 56.0. The van der Waals surface area contributed by atoms with Gasteiger partial charge in [0.25, 0.3) is 5.91 Å². The number of H-pyrrole nitrogens is 1. The van der Waals surface area contributed by atoms with Gasteiger partial charge in [0.1, 0.15) is 18.1 Å². The normalized spacial score (nSPS) is 13.5. The Morgan fingerprint density at radius 1 is 0.736 bits per heavy atom. The van der Waals surface area contributed by atoms with E-state index in [1.165, 1.54) is 52.3 Å². The summed E-state index contributed by atoms with van der Waals surface area (Å²) >= 11 is 13.5. The highest BCUT2D eigenvalue weighted by Gasteiger charge is 2.39. The monoisotopic (exact) mass is 1620 g/mol. The first-order chi connectivity index (χ1) is 51.0. The van der Waals surface area contributed by atoms with Gasteiger partial charge in [-0.1, -0.05) is 70.0 Å². The number of likely N-dealkylation sites (N-methyl/N-ethyl adjacent to an activating group) is 2. The number of anilines is 1. The van der Waals surface area contributed by atoms with E-state index >= 15 is 0 Å². The van der Waals surface area contributed by atoms with Gasteiger partial charge < -0.3 is 83.4 Å². The Bertz CT molecular complexity index is 4160. The number of nitrogens with one attached hydrogen (secondary N) is 3. The van der Waals surface area contributed by atoms with Gasteiger partial charge in [-0.15, -0.1) is 11.6 Å². The van der Waals surface area contributed by atoms with Crippen LogP contribution >= 0.6 is 43.5 Å². The first-order valence-corrected chi connectivity index (χ1v) is 37.5. The Morgan fingerprint density at radius 2 is 1.38 bits per heavy atom. The fourth-order valence-electron chi connectivity index (χ4n) is 12.3. The Morgan fingerprint density at radius 3 is 2.00 bits per heavy atom. The second kappa shape index (κ2) is 40.8. The van der Waals surface area contributed by atoms with Gasteiger partial charge in [0, 0.05) is 136 Å². The number of esters is 1. The van der Waals surface area contributed by atoms with Crippen LogP contribution in [0.1, 0.15) is 118 Å². The minimum absolute atomic E-state index is 0.00355. The lowest BCUT2D eigenvalue weighted by Crippen LogP contribution is -2.46. The quantitative estimate of drug-likeness (QED) is 0.0120. The largest absolute Gasteiger partial charge is 0.493 e. The number of halogens is 3. The fraction of sp³-hybridized carbons (Fsp3) is 0.480. The van der Waals surface area contributed by atoms with Gasteiger partial charge in [-0.2, -0.15) is 0 Å². The highest BCUT2D eigenvalue weighted by Crippen LogP contribution is 2.49. The zero-order chi connectivity index (χ0) is 76.6. The first-order valence-electron chi connectivity index (χ1n) is 34.8. The third kappa shape index (κ3) is 22.2. The number of benzene rings is 4. The van der Waals surface area contributed by atoms with E-state index in [4.69, 9.17) is 64.7 Å². The molecule has 1 aliphatic heterocycles. The molecule has 28 nitrogen and oxygen atoms in total. The number of urea groups is 1. The standard InChI is InChI=1S/C75H92Br2ClN9O19/c1-44(2)52(36-51(88)19-24-102-26-28-104-30-29-103-27-25-101-23-10-12-62(89)47-17-18-55-57(34-47)82-60(40-77)59(39-76)81-55)70(91)84-56(11-9-20-80-73(79)94)63(90)31-45-13-15-46(16-14-45)43-105-74(95)85(3)21-22-86(4)75(96)106-64-38-61-66(54-37-58(72(93)100-8)83-67(54)64)50(41-78)42-87(61)71(92)49-32-48-35-65(97-5)69(99-7)68(98-6)53(48)33-49/h13-18,32,34-35,37-38,44,50,52,56,83H,9-12,19-31,33,36,39-43H2,1-8H3,(H,84,91)(H3,79,80,94)/t50-,52+,56+/m1/s1. The number of aromatic nitrogens is 3. The van der Waals surface area contributed by atoms with Crippen LogP contribution in [0.25, 0.3) is 28.0 Å². The number of amides is 6. The lowest BCUT2D eigenvalue weighted by Gasteiger charge is -2.24. The van der Waals surface area contributed by atoms with Crippen molar-refractivity contribution in [3.63, 3.8) is 0 Å². The average molecular weight is 1620 g/mol. The van der Waals surface area contributed by atoms with Gasteiger partial charge in [0.2, 0.25) is 11.7 Å². The van der Waals surface area contributed by atoms with Crippen molar-refractivity contribution in [1.82, 2.24) is 35.4 Å². The minimum Gasteiger partial charge on any atom is -0.493 e. The molecule has 0 saturated heterocycles. The Kier molecular flexibility index (Phi) is 31.9. The molecule has 572 valence electrons. The number of fused-ring (bicyclic) bond motifs is 5. The van der Waals surface area contributed by atoms with Crippen LogP contribution in [-0.2, 0) is 77.7 Å². The Labute approximate surface area is 636 Å². The topological polar surface area (TPSA) is 347 Å². The van der Waals surface area contributed by atoms with E-state index in [0.717, 1.165) is 28.0 Å². The summed E-state index contributed by atoms with van der Waals surface area (Å²) in [5.41, 5.74) is 13.6. The molecule has 6 aromatic rings. The van der Waals surface area contributed by atoms with Crippen molar-refractivity contribution >= 4 is 131 Å². The van der Waals surface area contributed by atoms with Gasteiger partial charge in [0.15, 0.2) is 28.8 Å². The third-order valence-electron chi connectivity index (χ3n) is 18.1. The molecule has 5 N–H and O–H groups in total. The second-order valence-corrected chi connectivity index (χ2v) is 27.2. The third-order valence-corrected chi connectivity index (χ3v) is 19.6. The van der Waals surface area contributed by atoms with E-state index in [2.05, 4.69) is 57.4 Å². The summed E-state index contributed by atoms with van der Waals surface area (Å²) in [7, 11) is 8.75. The van der Waals surface area contributed by atoms with Crippen LogP contribution < -0.4 is 40.2 Å². The average Bonchev–Trinajstić information content (AvgIpc) is 1.57. The molecule has 4 aromatic carbocycles. The second-order valence-electron chi connectivity index (χ2n) is 25.7. The summed E-state index contributed by atoms with van der Waals surface area (Å²) in [5, 5.41) is 7.05. The van der Waals surface area contributed by atoms with Crippen molar-refractivity contribution in [2.24, 2.45) is 17.6 Å². The van der Waals surface area contributed by atoms with Gasteiger partial charge in [-0.05, 0) is 83.8 Å². The number of Topliss-reactive ketones (excluding diaryl/α,β-unsaturated/α-hetero) is 3. The highest BCUT2D eigenvalue weighted by atomic mass is 79.9. The van der Waals surface area contributed by atoms with Crippen molar-refractivity contribution < 1.29 is 90.5 Å². The number of aromatic amines is 1. The molecule has 0 saturated carbocycles. The number of primary amides is 1. The number of carbonyl (C=O) groups is 9. The van der Waals surface area contributed by atoms with Gasteiger partial charge >= 0.3 is 24.2 Å². The number of rotatable bonds is 43. The van der Waals surface area contributed by atoms with Crippen molar-refractivity contribution in [2.75, 3.05) is 132 Å². The maximum absolute atomic E-state index is 14.6. The number of nitrogens with zero attached hydrogens (tertiary/aromatic N) is 5. The minimum atomic E-state index is -0.960. The van der Waals surface area contributed by atoms with E-state index < -0.39 is 42.1 Å². The molecular formula is C75H92Br2ClN9O19. The zero-order valence-electron chi connectivity index (χ0n) is 60.8. The van der Waals surface area contributed by atoms with E-state index in [1.54, 1.807) is 65.6 Å². The zero-order valence-corrected chi connectivity index (χ0v) is 64.8. The van der Waals surface area contributed by atoms with E-state index in [9.17, 15) is 43.2 Å². The summed E-state index contributed by atoms with van der Waals surface area (Å²) in [5.74, 6) is -1.92. The van der Waals surface area contributed by atoms with Crippen molar-refractivity contribution in [3.8, 4) is 23.0 Å². The van der Waals surface area contributed by atoms with Crippen molar-refractivity contribution in [2.45, 2.75) is 94.4 Å². The van der Waals surface area contributed by atoms with Crippen molar-refractivity contribution in [1.29, 1.82) is 0 Å². The number of ketones is 3. The van der Waals surface area contributed by atoms with Crippen molar-refractivity contribution in [3.05, 3.63) is 117 Å². The molecule has 1 aliphatic carbocycles. The SMILES string of the molecule is COC(=O)c1cc2c3c(cc(OC(=O)N(C)CCN(C)C(=O)OCc4ccc(CC(=O)[C@H](CCCNC(N)=O)NC(=O)[C@@H](CC(=O)CCOCCOCCOCCOCCCC(=O)c5ccc6nc(CBr)c(CBr)nc6c5)C(C)C)cc4)c2[nH]1)N(C(=O)C1=Cc2cc(OC)c(OC)c(OC)c2C1)C[C@H]3CCl. The number of carbonyl (C=O) groups excluding carboxylic acids is 9. The van der Waals surface area contributed by atoms with Crippen LogP contribution in [0.2, 0.25) is 0 Å². The van der Waals surface area contributed by atoms with Crippen LogP contribution in [0, 0.1) is 11.8 Å². The maximum Gasteiger partial charge on any atom is 0.415 e. The Balaban J connectivity index is 0.740. The molecular weight excluding hydrogens is 1530 g/mol. The predicted octanol–water partition coefficient (Wildman–Crippen LogP) is 10.1. The number of nitrogens with two attached hydrogens (primary N) is 1. The number of methoxy groups -OCH3 is 4. The summed E-state index contributed by atoms with van der Waals surface area (Å²) in [6.07, 6.45) is 1.80. The lowest BCUT2D eigenvalue weighted by molar-refractivity contribution is -0.134. The van der Waals surface area contributed by atoms with E-state index in [0.29, 0.717) is 130 Å². The number of alkyl halides is 3. The lowest BCUT2D eigenvalue weighted by atomic mass is 9.88. The van der Waals surface area contributed by atoms with Crippen LogP contribution in [0.4, 0.5) is 20.1 Å². The van der Waals surface area contributed by atoms with Gasteiger partial charge in [-0.3, -0.25) is 24.0 Å². The molecule has 0 spiro atoms. The Hall–Kier alpha value is -8.78. The molecule has 2 aliphatic rings. The first kappa shape index (κ1) is 82.9. The summed E-state index contributed by atoms with van der Waals surface area (Å²) in [6, 6.07) is 15.4. The van der Waals surface area contributed by atoms with E-state index in [-0.39, 0.29) is 137 Å². The molecule has 3 heterocycles. The molecule has 2 aromatic heterocycles. The van der Waals surface area contributed by atoms with Crippen LogP contribution in [-0.4, -0.2) is 212 Å². The molecule has 106 heavy (non-hydrogen) atoms. The molecule has 0 unspecified atom stereocenters. The van der Waals surface area contributed by atoms with Crippen LogP contribution in [0.3, 0.4) is 0 Å². The number of hydrogen-bond donors (Lipinski definition) is 4. The molecule has 31 heteroatoms. The highest BCUT2D eigenvalue weighted by molar-refractivity contribution is 9.09. The van der Waals surface area contributed by atoms with Crippen LogP contribution in [0.5, 0.6) is 23.0 Å². The molecule has 0 fully saturated rings. The fourth-order valence-corrected chi connectivity index (χ4v) is 13.4. The molecule has 0 radical (unpaired) electrons. The summed E-state index contributed by atoms with van der Waals surface area (Å²) in [4.78, 5) is 137. The molecule has 3 atom stereocenters. The summed E-state index contributed by atoms with van der Waals surface area (Å²) in [6.45, 7) is 6.34.